The maximum absolute atomic E-state index is 5.37. The third-order valence-electron chi connectivity index (χ3n) is 3.26. The monoisotopic (exact) mass is 214 g/mol. The minimum absolute atomic E-state index is 0.538. The predicted octanol–water partition coefficient (Wildman–Crippen LogP) is 2.53. The molecule has 0 aromatic heterocycles. The van der Waals surface area contributed by atoms with Crippen molar-refractivity contribution in [2.24, 2.45) is 0 Å². The zero-order valence-electron chi connectivity index (χ0n) is 9.55. The van der Waals surface area contributed by atoms with Gasteiger partial charge in [-0.1, -0.05) is 19.8 Å². The van der Waals surface area contributed by atoms with Crippen molar-refractivity contribution in [3.63, 3.8) is 0 Å². The van der Waals surface area contributed by atoms with Crippen LogP contribution in [0.2, 0.25) is 0 Å². The summed E-state index contributed by atoms with van der Waals surface area (Å²) in [6.07, 6.45) is 6.42. The van der Waals surface area contributed by atoms with Crippen molar-refractivity contribution in [3.05, 3.63) is 0 Å². The number of hydrogen-bond acceptors (Lipinski definition) is 1. The summed E-state index contributed by atoms with van der Waals surface area (Å²) in [5.41, 5.74) is 0. The van der Waals surface area contributed by atoms with Crippen molar-refractivity contribution in [3.8, 4) is 0 Å². The Morgan fingerprint density at radius 3 is 2.57 bits per heavy atom. The number of hydrogen-bond donors (Lipinski definition) is 1. The van der Waals surface area contributed by atoms with E-state index in [1.165, 1.54) is 25.7 Å². The summed E-state index contributed by atoms with van der Waals surface area (Å²) in [7, 11) is 2.08. The number of thiocarbonyl (C=S) groups is 1. The fourth-order valence-electron chi connectivity index (χ4n) is 1.82. The molecule has 0 aliphatic heterocycles. The smallest absolute Gasteiger partial charge is 0.169 e. The molecule has 1 unspecified atom stereocenters. The van der Waals surface area contributed by atoms with Gasteiger partial charge in [-0.3, -0.25) is 0 Å². The quantitative estimate of drug-likeness (QED) is 0.727. The molecule has 0 radical (unpaired) electrons. The first kappa shape index (κ1) is 11.8. The molecule has 2 nitrogen and oxygen atoms in total. The number of nitrogens with zero attached hydrogens (tertiary/aromatic N) is 1. The highest BCUT2D eigenvalue weighted by molar-refractivity contribution is 7.80. The minimum Gasteiger partial charge on any atom is -0.360 e. The molecule has 1 N–H and O–H groups in total. The van der Waals surface area contributed by atoms with Gasteiger partial charge in [-0.2, -0.15) is 0 Å². The topological polar surface area (TPSA) is 15.3 Å². The SMILES string of the molecule is CCC(C)N(C)C(=S)NC1CCCC1. The van der Waals surface area contributed by atoms with E-state index >= 15 is 0 Å². The Morgan fingerprint density at radius 1 is 1.50 bits per heavy atom. The molecule has 0 aromatic rings. The maximum atomic E-state index is 5.37. The average Bonchev–Trinajstić information content (AvgIpc) is 2.68. The van der Waals surface area contributed by atoms with Crippen molar-refractivity contribution >= 4 is 17.3 Å². The number of rotatable bonds is 3. The van der Waals surface area contributed by atoms with Crippen LogP contribution in [-0.4, -0.2) is 29.1 Å². The van der Waals surface area contributed by atoms with Crippen LogP contribution in [0.5, 0.6) is 0 Å². The third kappa shape index (κ3) is 3.12. The van der Waals surface area contributed by atoms with E-state index in [-0.39, 0.29) is 0 Å². The van der Waals surface area contributed by atoms with Crippen LogP contribution in [0.3, 0.4) is 0 Å². The van der Waals surface area contributed by atoms with Crippen LogP contribution in [-0.2, 0) is 0 Å². The normalized spacial score (nSPS) is 19.4. The molecular weight excluding hydrogens is 192 g/mol. The van der Waals surface area contributed by atoms with Gasteiger partial charge in [0.2, 0.25) is 0 Å². The van der Waals surface area contributed by atoms with Gasteiger partial charge >= 0.3 is 0 Å². The molecular formula is C11H22N2S. The lowest BCUT2D eigenvalue weighted by Gasteiger charge is -2.28. The van der Waals surface area contributed by atoms with E-state index in [0.717, 1.165) is 11.5 Å². The van der Waals surface area contributed by atoms with E-state index in [2.05, 4.69) is 31.1 Å². The highest BCUT2D eigenvalue weighted by atomic mass is 32.1. The average molecular weight is 214 g/mol. The largest absolute Gasteiger partial charge is 0.360 e. The van der Waals surface area contributed by atoms with E-state index < -0.39 is 0 Å². The van der Waals surface area contributed by atoms with Crippen molar-refractivity contribution in [1.82, 2.24) is 10.2 Å². The second-order valence-corrected chi connectivity index (χ2v) is 4.69. The fraction of sp³-hybridized carbons (Fsp3) is 0.909. The Kier molecular flexibility index (Phi) is 4.66. The Labute approximate surface area is 93.1 Å². The van der Waals surface area contributed by atoms with E-state index in [9.17, 15) is 0 Å². The Bertz CT molecular complexity index is 188. The first-order valence-electron chi connectivity index (χ1n) is 5.68. The van der Waals surface area contributed by atoms with Gasteiger partial charge < -0.3 is 10.2 Å². The van der Waals surface area contributed by atoms with E-state index in [4.69, 9.17) is 12.2 Å². The highest BCUT2D eigenvalue weighted by Crippen LogP contribution is 2.18. The van der Waals surface area contributed by atoms with Crippen molar-refractivity contribution in [1.29, 1.82) is 0 Å². The van der Waals surface area contributed by atoms with Crippen LogP contribution in [0.4, 0.5) is 0 Å². The molecule has 1 saturated carbocycles. The van der Waals surface area contributed by atoms with Crippen LogP contribution in [0, 0.1) is 0 Å². The van der Waals surface area contributed by atoms with Crippen molar-refractivity contribution in [2.75, 3.05) is 7.05 Å². The number of nitrogens with one attached hydrogen (secondary N) is 1. The highest BCUT2D eigenvalue weighted by Gasteiger charge is 2.18. The zero-order valence-corrected chi connectivity index (χ0v) is 10.4. The van der Waals surface area contributed by atoms with Gasteiger partial charge in [-0.15, -0.1) is 0 Å². The first-order valence-corrected chi connectivity index (χ1v) is 6.09. The minimum atomic E-state index is 0.538. The van der Waals surface area contributed by atoms with Crippen molar-refractivity contribution < 1.29 is 0 Å². The molecule has 0 spiro atoms. The molecule has 0 heterocycles. The molecule has 1 aliphatic carbocycles. The molecule has 82 valence electrons. The summed E-state index contributed by atoms with van der Waals surface area (Å²) >= 11 is 5.37. The van der Waals surface area contributed by atoms with Gasteiger partial charge in [0, 0.05) is 19.1 Å². The standard InChI is InChI=1S/C11H22N2S/c1-4-9(2)13(3)11(14)12-10-7-5-6-8-10/h9-10H,4-8H2,1-3H3,(H,12,14). The van der Waals surface area contributed by atoms with Crippen LogP contribution in [0.15, 0.2) is 0 Å². The molecule has 0 bridgehead atoms. The zero-order chi connectivity index (χ0) is 10.6. The van der Waals surface area contributed by atoms with E-state index in [1.807, 2.05) is 0 Å². The Balaban J connectivity index is 2.32. The van der Waals surface area contributed by atoms with E-state index in [0.29, 0.717) is 12.1 Å². The summed E-state index contributed by atoms with van der Waals surface area (Å²) in [4.78, 5) is 2.17. The van der Waals surface area contributed by atoms with Crippen LogP contribution in [0.1, 0.15) is 46.0 Å². The fourth-order valence-corrected chi connectivity index (χ4v) is 2.17. The summed E-state index contributed by atoms with van der Waals surface area (Å²) in [5, 5.41) is 4.37. The second-order valence-electron chi connectivity index (χ2n) is 4.30. The predicted molar refractivity (Wildman–Crippen MR) is 65.5 cm³/mol. The molecule has 1 rings (SSSR count). The van der Waals surface area contributed by atoms with Gasteiger partial charge in [-0.05, 0) is 38.4 Å². The summed E-state index contributed by atoms with van der Waals surface area (Å²) in [5.74, 6) is 0. The van der Waals surface area contributed by atoms with Crippen molar-refractivity contribution in [2.45, 2.75) is 58.0 Å². The van der Waals surface area contributed by atoms with Crippen LogP contribution < -0.4 is 5.32 Å². The third-order valence-corrected chi connectivity index (χ3v) is 3.66. The maximum Gasteiger partial charge on any atom is 0.169 e. The molecule has 1 aliphatic rings. The molecule has 1 atom stereocenters. The van der Waals surface area contributed by atoms with Gasteiger partial charge in [0.05, 0.1) is 0 Å². The summed E-state index contributed by atoms with van der Waals surface area (Å²) in [6, 6.07) is 1.17. The summed E-state index contributed by atoms with van der Waals surface area (Å²) in [6.45, 7) is 4.40. The molecule has 3 heteroatoms. The molecule has 1 fully saturated rings. The molecule has 0 saturated heterocycles. The lowest BCUT2D eigenvalue weighted by molar-refractivity contribution is 0.369. The molecule has 0 amide bonds. The Hall–Kier alpha value is -0.310. The van der Waals surface area contributed by atoms with Gasteiger partial charge in [0.15, 0.2) is 5.11 Å². The molecule has 0 aromatic carbocycles. The lowest BCUT2D eigenvalue weighted by atomic mass is 10.2. The molecule has 14 heavy (non-hydrogen) atoms. The Morgan fingerprint density at radius 2 is 2.07 bits per heavy atom. The van der Waals surface area contributed by atoms with Gasteiger partial charge in [0.1, 0.15) is 0 Å². The van der Waals surface area contributed by atoms with Gasteiger partial charge in [0.25, 0.3) is 0 Å². The lowest BCUT2D eigenvalue weighted by Crippen LogP contribution is -2.45. The second kappa shape index (κ2) is 5.54. The van der Waals surface area contributed by atoms with Gasteiger partial charge in [-0.25, -0.2) is 0 Å². The van der Waals surface area contributed by atoms with E-state index in [1.54, 1.807) is 0 Å². The van der Waals surface area contributed by atoms with Crippen LogP contribution >= 0.6 is 12.2 Å². The first-order chi connectivity index (χ1) is 6.65. The summed E-state index contributed by atoms with van der Waals surface area (Å²) < 4.78 is 0. The van der Waals surface area contributed by atoms with Crippen LogP contribution in [0.25, 0.3) is 0 Å².